The van der Waals surface area contributed by atoms with Crippen molar-refractivity contribution in [1.29, 1.82) is 0 Å². The highest BCUT2D eigenvalue weighted by atomic mass is 16.5. The van der Waals surface area contributed by atoms with Crippen LogP contribution >= 0.6 is 0 Å². The second-order valence-corrected chi connectivity index (χ2v) is 5.04. The summed E-state index contributed by atoms with van der Waals surface area (Å²) in [5.41, 5.74) is 0.518. The zero-order chi connectivity index (χ0) is 12.9. The Morgan fingerprint density at radius 1 is 1.47 bits per heavy atom. The smallest absolute Gasteiger partial charge is 0.140 e. The summed E-state index contributed by atoms with van der Waals surface area (Å²) < 4.78 is 7.16. The maximum atomic E-state index is 11.6. The molecule has 1 heterocycles. The van der Waals surface area contributed by atoms with E-state index >= 15 is 0 Å². The van der Waals surface area contributed by atoms with Crippen molar-refractivity contribution in [3.05, 3.63) is 11.9 Å². The zero-order valence-electron chi connectivity index (χ0n) is 11.1. The van der Waals surface area contributed by atoms with E-state index in [0.29, 0.717) is 19.6 Å². The van der Waals surface area contributed by atoms with Gasteiger partial charge in [-0.25, -0.2) is 0 Å². The van der Waals surface area contributed by atoms with Crippen LogP contribution in [-0.4, -0.2) is 27.4 Å². The van der Waals surface area contributed by atoms with E-state index in [1.165, 1.54) is 0 Å². The highest BCUT2D eigenvalue weighted by molar-refractivity contribution is 5.83. The number of carbonyl (C=O) groups excluding carboxylic acids is 1. The Kier molecular flexibility index (Phi) is 4.81. The van der Waals surface area contributed by atoms with Crippen LogP contribution in [-0.2, 0) is 22.7 Å². The quantitative estimate of drug-likeness (QED) is 0.710. The Morgan fingerprint density at radius 3 is 2.71 bits per heavy atom. The molecule has 5 nitrogen and oxygen atoms in total. The Bertz CT molecular complexity index is 366. The molecule has 0 aliphatic carbocycles. The largest absolute Gasteiger partial charge is 0.375 e. The summed E-state index contributed by atoms with van der Waals surface area (Å²) in [6, 6.07) is 0. The van der Waals surface area contributed by atoms with Crippen molar-refractivity contribution in [1.82, 2.24) is 15.0 Å². The van der Waals surface area contributed by atoms with Crippen LogP contribution in [0.5, 0.6) is 0 Å². The lowest BCUT2D eigenvalue weighted by molar-refractivity contribution is -0.127. The molecule has 0 spiro atoms. The molecule has 0 radical (unpaired) electrons. The van der Waals surface area contributed by atoms with Gasteiger partial charge < -0.3 is 4.74 Å². The summed E-state index contributed by atoms with van der Waals surface area (Å²) in [5, 5.41) is 7.86. The second kappa shape index (κ2) is 5.91. The molecule has 0 aliphatic heterocycles. The van der Waals surface area contributed by atoms with Crippen LogP contribution in [0, 0.1) is 5.41 Å². The molecule has 0 amide bonds. The summed E-state index contributed by atoms with van der Waals surface area (Å²) in [4.78, 5) is 11.6. The minimum Gasteiger partial charge on any atom is -0.375 e. The fourth-order valence-corrected chi connectivity index (χ4v) is 1.28. The number of hydrogen-bond donors (Lipinski definition) is 0. The van der Waals surface area contributed by atoms with Gasteiger partial charge in [-0.2, -0.15) is 0 Å². The van der Waals surface area contributed by atoms with E-state index < -0.39 is 0 Å². The molecule has 1 aromatic heterocycles. The third kappa shape index (κ3) is 4.65. The van der Waals surface area contributed by atoms with Crippen molar-refractivity contribution in [3.8, 4) is 0 Å². The van der Waals surface area contributed by atoms with Crippen molar-refractivity contribution >= 4 is 5.78 Å². The molecule has 5 heteroatoms. The minimum atomic E-state index is -0.283. The van der Waals surface area contributed by atoms with Gasteiger partial charge in [0, 0.05) is 18.4 Å². The second-order valence-electron chi connectivity index (χ2n) is 5.04. The normalized spacial score (nSPS) is 11.8. The summed E-state index contributed by atoms with van der Waals surface area (Å²) in [5.74, 6) is 0.217. The van der Waals surface area contributed by atoms with Crippen molar-refractivity contribution in [3.63, 3.8) is 0 Å². The van der Waals surface area contributed by atoms with Crippen molar-refractivity contribution in [2.75, 3.05) is 6.61 Å². The molecule has 1 aromatic rings. The fourth-order valence-electron chi connectivity index (χ4n) is 1.28. The highest BCUT2D eigenvalue weighted by Crippen LogP contribution is 2.16. The van der Waals surface area contributed by atoms with Crippen LogP contribution in [0.2, 0.25) is 0 Å². The number of hydrogen-bond acceptors (Lipinski definition) is 4. The molecule has 0 N–H and O–H groups in total. The standard InChI is InChI=1S/C12H21N3O2/c1-5-15-8-10(13-14-15)9-17-7-6-11(16)12(2,3)4/h8H,5-7,9H2,1-4H3. The Labute approximate surface area is 102 Å². The number of rotatable bonds is 6. The van der Waals surface area contributed by atoms with Gasteiger partial charge in [-0.05, 0) is 6.92 Å². The number of ketones is 1. The monoisotopic (exact) mass is 239 g/mol. The number of aryl methyl sites for hydroxylation is 1. The maximum Gasteiger partial charge on any atom is 0.140 e. The van der Waals surface area contributed by atoms with Crippen LogP contribution in [0.1, 0.15) is 39.8 Å². The number of nitrogens with zero attached hydrogens (tertiary/aromatic N) is 3. The maximum absolute atomic E-state index is 11.6. The molecule has 0 aromatic carbocycles. The average molecular weight is 239 g/mol. The molecular weight excluding hydrogens is 218 g/mol. The molecule has 1 rings (SSSR count). The minimum absolute atomic E-state index is 0.217. The number of aromatic nitrogens is 3. The van der Waals surface area contributed by atoms with Crippen LogP contribution in [0.4, 0.5) is 0 Å². The van der Waals surface area contributed by atoms with Crippen LogP contribution in [0.15, 0.2) is 6.20 Å². The van der Waals surface area contributed by atoms with Gasteiger partial charge in [0.15, 0.2) is 0 Å². The number of carbonyl (C=O) groups is 1. The topological polar surface area (TPSA) is 57.0 Å². The Morgan fingerprint density at radius 2 is 2.18 bits per heavy atom. The lowest BCUT2D eigenvalue weighted by atomic mass is 9.89. The molecule has 0 saturated heterocycles. The summed E-state index contributed by atoms with van der Waals surface area (Å²) >= 11 is 0. The van der Waals surface area contributed by atoms with E-state index in [-0.39, 0.29) is 11.2 Å². The number of ether oxygens (including phenoxy) is 1. The molecule has 0 aliphatic rings. The van der Waals surface area contributed by atoms with Crippen LogP contribution < -0.4 is 0 Å². The molecular formula is C12H21N3O2. The predicted octanol–water partition coefficient (Wildman–Crippen LogP) is 1.82. The van der Waals surface area contributed by atoms with E-state index in [4.69, 9.17) is 4.74 Å². The lowest BCUT2D eigenvalue weighted by Gasteiger charge is -2.15. The third-order valence-corrected chi connectivity index (χ3v) is 2.47. The van der Waals surface area contributed by atoms with Gasteiger partial charge in [0.1, 0.15) is 11.5 Å². The van der Waals surface area contributed by atoms with Crippen LogP contribution in [0.3, 0.4) is 0 Å². The SMILES string of the molecule is CCn1cc(COCCC(=O)C(C)(C)C)nn1. The van der Waals surface area contributed by atoms with E-state index in [9.17, 15) is 4.79 Å². The van der Waals surface area contributed by atoms with Gasteiger partial charge in [-0.15, -0.1) is 5.10 Å². The zero-order valence-corrected chi connectivity index (χ0v) is 11.1. The van der Waals surface area contributed by atoms with Gasteiger partial charge in [-0.1, -0.05) is 26.0 Å². The molecule has 0 unspecified atom stereocenters. The Hall–Kier alpha value is -1.23. The average Bonchev–Trinajstić information content (AvgIpc) is 2.70. The number of Topliss-reactive ketones (excluding diaryl/α,β-unsaturated/α-hetero) is 1. The molecule has 0 saturated carbocycles. The van der Waals surface area contributed by atoms with Crippen LogP contribution in [0.25, 0.3) is 0 Å². The molecule has 0 bridgehead atoms. The van der Waals surface area contributed by atoms with E-state index in [2.05, 4.69) is 10.3 Å². The first kappa shape index (κ1) is 13.8. The Balaban J connectivity index is 2.22. The molecule has 96 valence electrons. The lowest BCUT2D eigenvalue weighted by Crippen LogP contribution is -2.21. The van der Waals surface area contributed by atoms with Crippen molar-refractivity contribution in [2.24, 2.45) is 5.41 Å². The van der Waals surface area contributed by atoms with Gasteiger partial charge in [0.25, 0.3) is 0 Å². The molecule has 0 atom stereocenters. The third-order valence-electron chi connectivity index (χ3n) is 2.47. The van der Waals surface area contributed by atoms with Gasteiger partial charge in [0.05, 0.1) is 19.4 Å². The first-order valence-electron chi connectivity index (χ1n) is 5.93. The first-order valence-corrected chi connectivity index (χ1v) is 5.93. The predicted molar refractivity (Wildman–Crippen MR) is 64.4 cm³/mol. The summed E-state index contributed by atoms with van der Waals surface area (Å²) in [6.45, 7) is 9.41. The van der Waals surface area contributed by atoms with Gasteiger partial charge in [-0.3, -0.25) is 9.48 Å². The fraction of sp³-hybridized carbons (Fsp3) is 0.750. The first-order chi connectivity index (χ1) is 7.93. The van der Waals surface area contributed by atoms with Crippen molar-refractivity contribution in [2.45, 2.75) is 47.3 Å². The van der Waals surface area contributed by atoms with E-state index in [1.807, 2.05) is 33.9 Å². The molecule has 17 heavy (non-hydrogen) atoms. The summed E-state index contributed by atoms with van der Waals surface area (Å²) in [6.07, 6.45) is 2.30. The van der Waals surface area contributed by atoms with E-state index in [0.717, 1.165) is 12.2 Å². The molecule has 0 fully saturated rings. The van der Waals surface area contributed by atoms with Crippen molar-refractivity contribution < 1.29 is 9.53 Å². The van der Waals surface area contributed by atoms with E-state index in [1.54, 1.807) is 4.68 Å². The summed E-state index contributed by atoms with van der Waals surface area (Å²) in [7, 11) is 0. The van der Waals surface area contributed by atoms with Gasteiger partial charge >= 0.3 is 0 Å². The van der Waals surface area contributed by atoms with Gasteiger partial charge in [0.2, 0.25) is 0 Å². The highest BCUT2D eigenvalue weighted by Gasteiger charge is 2.20.